The Bertz CT molecular complexity index is 1060. The molecule has 1 saturated carbocycles. The lowest BCUT2D eigenvalue weighted by Crippen LogP contribution is -2.50. The Balaban J connectivity index is 1.39. The Morgan fingerprint density at radius 2 is 1.55 bits per heavy atom. The summed E-state index contributed by atoms with van der Waals surface area (Å²) in [6.07, 6.45) is 1.43. The van der Waals surface area contributed by atoms with E-state index in [2.05, 4.69) is 23.3 Å². The van der Waals surface area contributed by atoms with Gasteiger partial charge in [0.1, 0.15) is 5.69 Å². The molecule has 2 amide bonds. The quantitative estimate of drug-likeness (QED) is 0.696. The molecule has 2 aliphatic heterocycles. The van der Waals surface area contributed by atoms with Crippen molar-refractivity contribution in [1.82, 2.24) is 19.3 Å². The summed E-state index contributed by atoms with van der Waals surface area (Å²) in [4.78, 5) is 32.2. The molecule has 33 heavy (non-hydrogen) atoms. The molecular formula is C25H32F2N4O2. The lowest BCUT2D eigenvalue weighted by molar-refractivity contribution is -0.0495. The first-order valence-corrected chi connectivity index (χ1v) is 12.1. The zero-order valence-electron chi connectivity index (χ0n) is 19.4. The molecular weight excluding hydrogens is 426 g/mol. The number of piperazine rings is 1. The molecule has 2 saturated heterocycles. The summed E-state index contributed by atoms with van der Waals surface area (Å²) in [5.74, 6) is -2.85. The lowest BCUT2D eigenvalue weighted by Gasteiger charge is -2.37. The first-order valence-electron chi connectivity index (χ1n) is 12.1. The van der Waals surface area contributed by atoms with Crippen LogP contribution in [0.2, 0.25) is 0 Å². The average Bonchev–Trinajstić information content (AvgIpc) is 3.57. The van der Waals surface area contributed by atoms with E-state index in [9.17, 15) is 18.4 Å². The van der Waals surface area contributed by atoms with E-state index in [4.69, 9.17) is 0 Å². The van der Waals surface area contributed by atoms with E-state index in [1.807, 2.05) is 29.2 Å². The van der Waals surface area contributed by atoms with Crippen LogP contribution in [0.1, 0.15) is 66.4 Å². The minimum Gasteiger partial charge on any atom is -0.337 e. The highest BCUT2D eigenvalue weighted by Crippen LogP contribution is 2.40. The normalized spacial score (nSPS) is 21.7. The fourth-order valence-corrected chi connectivity index (χ4v) is 5.08. The second kappa shape index (κ2) is 8.38. The van der Waals surface area contributed by atoms with E-state index in [-0.39, 0.29) is 43.8 Å². The lowest BCUT2D eigenvalue weighted by atomic mass is 10.1. The summed E-state index contributed by atoms with van der Waals surface area (Å²) < 4.78 is 29.2. The minimum absolute atomic E-state index is 0.0191. The van der Waals surface area contributed by atoms with Crippen LogP contribution in [0.5, 0.6) is 0 Å². The molecule has 0 unspecified atom stereocenters. The summed E-state index contributed by atoms with van der Waals surface area (Å²) in [6.45, 7) is 7.65. The molecule has 6 nitrogen and oxygen atoms in total. The molecule has 3 aliphatic rings. The number of aromatic nitrogens is 1. The number of rotatable bonds is 4. The van der Waals surface area contributed by atoms with Crippen molar-refractivity contribution < 1.29 is 18.4 Å². The first kappa shape index (κ1) is 22.3. The summed E-state index contributed by atoms with van der Waals surface area (Å²) in [5, 5.41) is 0.860. The molecule has 1 aliphatic carbocycles. The van der Waals surface area contributed by atoms with Gasteiger partial charge in [0.25, 0.3) is 17.7 Å². The monoisotopic (exact) mass is 458 g/mol. The molecule has 3 fully saturated rings. The molecule has 5 rings (SSSR count). The van der Waals surface area contributed by atoms with Gasteiger partial charge in [-0.15, -0.1) is 0 Å². The fraction of sp³-hybridized carbons (Fsp3) is 0.600. The Kier molecular flexibility index (Phi) is 5.67. The van der Waals surface area contributed by atoms with Crippen molar-refractivity contribution >= 4 is 22.7 Å². The highest BCUT2D eigenvalue weighted by molar-refractivity contribution is 6.02. The van der Waals surface area contributed by atoms with Gasteiger partial charge in [0.15, 0.2) is 0 Å². The van der Waals surface area contributed by atoms with Crippen LogP contribution >= 0.6 is 0 Å². The van der Waals surface area contributed by atoms with E-state index in [0.717, 1.165) is 36.8 Å². The second-order valence-corrected chi connectivity index (χ2v) is 9.97. The number of fused-ring (bicyclic) bond motifs is 1. The number of likely N-dealkylation sites (tertiary alicyclic amines) is 1. The van der Waals surface area contributed by atoms with E-state index >= 15 is 0 Å². The van der Waals surface area contributed by atoms with E-state index < -0.39 is 5.92 Å². The van der Waals surface area contributed by atoms with Crippen LogP contribution in [0.15, 0.2) is 24.3 Å². The highest BCUT2D eigenvalue weighted by atomic mass is 19.3. The van der Waals surface area contributed by atoms with Crippen molar-refractivity contribution in [3.05, 3.63) is 35.5 Å². The van der Waals surface area contributed by atoms with Gasteiger partial charge >= 0.3 is 0 Å². The molecule has 0 spiro atoms. The van der Waals surface area contributed by atoms with E-state index in [1.54, 1.807) is 4.90 Å². The third-order valence-electron chi connectivity index (χ3n) is 7.33. The van der Waals surface area contributed by atoms with Crippen molar-refractivity contribution in [3.8, 4) is 0 Å². The summed E-state index contributed by atoms with van der Waals surface area (Å²) >= 11 is 0. The maximum absolute atomic E-state index is 13.6. The van der Waals surface area contributed by atoms with E-state index in [1.165, 1.54) is 0 Å². The highest BCUT2D eigenvalue weighted by Gasteiger charge is 2.38. The smallest absolute Gasteiger partial charge is 0.270 e. The fourth-order valence-electron chi connectivity index (χ4n) is 5.08. The number of benzene rings is 1. The Morgan fingerprint density at radius 1 is 0.909 bits per heavy atom. The third-order valence-corrected chi connectivity index (χ3v) is 7.33. The van der Waals surface area contributed by atoms with Gasteiger partial charge in [0.05, 0.1) is 0 Å². The first-order chi connectivity index (χ1) is 15.7. The van der Waals surface area contributed by atoms with Gasteiger partial charge in [-0.1, -0.05) is 0 Å². The van der Waals surface area contributed by atoms with Crippen molar-refractivity contribution in [1.29, 1.82) is 0 Å². The number of hydrogen-bond donors (Lipinski definition) is 0. The van der Waals surface area contributed by atoms with Crippen LogP contribution in [0, 0.1) is 0 Å². The van der Waals surface area contributed by atoms with Crippen LogP contribution in [0.3, 0.4) is 0 Å². The maximum Gasteiger partial charge on any atom is 0.270 e. The predicted octanol–water partition coefficient (Wildman–Crippen LogP) is 4.01. The Hall–Kier alpha value is -2.48. The SMILES string of the molecule is CC(C)N1CCN(C(=O)c2ccc3c(c2)cc(C(=O)N2CCC(F)(F)CC2)n3C2CC2)CC1. The minimum atomic E-state index is -2.68. The Morgan fingerprint density at radius 3 is 2.15 bits per heavy atom. The predicted molar refractivity (Wildman–Crippen MR) is 123 cm³/mol. The number of carbonyl (C=O) groups excluding carboxylic acids is 2. The largest absolute Gasteiger partial charge is 0.337 e. The van der Waals surface area contributed by atoms with Gasteiger partial charge in [0, 0.05) is 80.7 Å². The summed E-state index contributed by atoms with van der Waals surface area (Å²) in [6, 6.07) is 8.25. The molecule has 3 heterocycles. The van der Waals surface area contributed by atoms with Gasteiger partial charge in [-0.25, -0.2) is 8.78 Å². The number of alkyl halides is 2. The molecule has 0 radical (unpaired) electrons. The Labute approximate surface area is 193 Å². The zero-order valence-corrected chi connectivity index (χ0v) is 19.4. The third kappa shape index (κ3) is 4.37. The number of hydrogen-bond acceptors (Lipinski definition) is 3. The van der Waals surface area contributed by atoms with Crippen molar-refractivity contribution in [2.24, 2.45) is 0 Å². The average molecular weight is 459 g/mol. The summed E-state index contributed by atoms with van der Waals surface area (Å²) in [7, 11) is 0. The van der Waals surface area contributed by atoms with E-state index in [0.29, 0.717) is 30.4 Å². The number of halogens is 2. The number of amides is 2. The van der Waals surface area contributed by atoms with Gasteiger partial charge in [-0.2, -0.15) is 0 Å². The van der Waals surface area contributed by atoms with Crippen molar-refractivity contribution in [2.75, 3.05) is 39.3 Å². The molecule has 8 heteroatoms. The van der Waals surface area contributed by atoms with Gasteiger partial charge < -0.3 is 14.4 Å². The van der Waals surface area contributed by atoms with Crippen LogP contribution in [-0.4, -0.2) is 82.3 Å². The molecule has 2 aromatic rings. The van der Waals surface area contributed by atoms with Crippen LogP contribution in [0.25, 0.3) is 10.9 Å². The van der Waals surface area contributed by atoms with Crippen LogP contribution < -0.4 is 0 Å². The van der Waals surface area contributed by atoms with Gasteiger partial charge in [0.2, 0.25) is 0 Å². The molecule has 0 N–H and O–H groups in total. The maximum atomic E-state index is 13.6. The molecule has 178 valence electrons. The van der Waals surface area contributed by atoms with Crippen molar-refractivity contribution in [3.63, 3.8) is 0 Å². The van der Waals surface area contributed by atoms with Crippen molar-refractivity contribution in [2.45, 2.75) is 57.5 Å². The molecule has 0 atom stereocenters. The molecule has 0 bridgehead atoms. The standard InChI is InChI=1S/C25H32F2N4O2/c1-17(2)28-11-13-30(14-12-28)23(32)18-3-6-21-19(15-18)16-22(31(21)20-4-5-20)24(33)29-9-7-25(26,27)8-10-29/h3,6,15-17,20H,4-5,7-14H2,1-2H3. The molecule has 1 aromatic heterocycles. The molecule has 1 aromatic carbocycles. The second-order valence-electron chi connectivity index (χ2n) is 9.97. The number of carbonyl (C=O) groups is 2. The topological polar surface area (TPSA) is 48.8 Å². The number of piperidine rings is 1. The summed E-state index contributed by atoms with van der Waals surface area (Å²) in [5.41, 5.74) is 2.11. The van der Waals surface area contributed by atoms with Crippen LogP contribution in [-0.2, 0) is 0 Å². The van der Waals surface area contributed by atoms with Gasteiger partial charge in [-0.3, -0.25) is 14.5 Å². The number of nitrogens with zero attached hydrogens (tertiary/aromatic N) is 4. The zero-order chi connectivity index (χ0) is 23.3. The van der Waals surface area contributed by atoms with Gasteiger partial charge in [-0.05, 0) is 51.0 Å². The van der Waals surface area contributed by atoms with Crippen LogP contribution in [0.4, 0.5) is 8.78 Å².